The summed E-state index contributed by atoms with van der Waals surface area (Å²) in [6.07, 6.45) is -0.797. The Morgan fingerprint density at radius 2 is 1.60 bits per heavy atom. The molecule has 0 aromatic heterocycles. The van der Waals surface area contributed by atoms with Gasteiger partial charge in [-0.05, 0) is 17.2 Å². The molecule has 2 aliphatic heterocycles. The van der Waals surface area contributed by atoms with Gasteiger partial charge in [0.15, 0.2) is 11.9 Å². The van der Waals surface area contributed by atoms with Gasteiger partial charge < -0.3 is 9.47 Å². The molecule has 5 rings (SSSR count). The van der Waals surface area contributed by atoms with Crippen molar-refractivity contribution in [2.75, 3.05) is 0 Å². The Balaban J connectivity index is 1.87. The molecule has 0 amide bonds. The van der Waals surface area contributed by atoms with Gasteiger partial charge in [0.25, 0.3) is 0 Å². The van der Waals surface area contributed by atoms with Crippen LogP contribution in [-0.4, -0.2) is 18.0 Å². The summed E-state index contributed by atoms with van der Waals surface area (Å²) < 4.78 is 10.4. The van der Waals surface area contributed by atoms with Crippen molar-refractivity contribution in [3.8, 4) is 11.1 Å². The minimum Gasteiger partial charge on any atom is -0.429 e. The molecule has 2 unspecified atom stereocenters. The number of ketones is 1. The van der Waals surface area contributed by atoms with Crippen LogP contribution < -0.4 is 0 Å². The van der Waals surface area contributed by atoms with Gasteiger partial charge in [-0.3, -0.25) is 4.79 Å². The molecule has 4 nitrogen and oxygen atoms in total. The summed E-state index contributed by atoms with van der Waals surface area (Å²) >= 11 is 0. The van der Waals surface area contributed by atoms with Crippen LogP contribution in [0.1, 0.15) is 37.9 Å². The fourth-order valence-corrected chi connectivity index (χ4v) is 3.17. The molecule has 0 bridgehead atoms. The second kappa shape index (κ2) is 3.16. The molecule has 2 atom stereocenters. The minimum atomic E-state index is -0.516. The fraction of sp³-hybridized carbons (Fsp3) is 0.125. The van der Waals surface area contributed by atoms with Gasteiger partial charge in [-0.25, -0.2) is 4.79 Å². The maximum Gasteiger partial charge on any atom is 0.340 e. The molecule has 1 aliphatic carbocycles. The smallest absolute Gasteiger partial charge is 0.340 e. The predicted molar refractivity (Wildman–Crippen MR) is 68.3 cm³/mol. The Morgan fingerprint density at radius 1 is 0.850 bits per heavy atom. The average Bonchev–Trinajstić information content (AvgIpc) is 3.18. The normalized spacial score (nSPS) is 24.4. The van der Waals surface area contributed by atoms with Crippen LogP contribution >= 0.6 is 0 Å². The van der Waals surface area contributed by atoms with Crippen molar-refractivity contribution in [3.05, 3.63) is 58.7 Å². The third kappa shape index (κ3) is 1.07. The number of ether oxygens (including phenoxy) is 2. The van der Waals surface area contributed by atoms with E-state index in [0.29, 0.717) is 22.3 Å². The number of epoxide rings is 1. The zero-order chi connectivity index (χ0) is 13.4. The molecule has 2 heterocycles. The highest BCUT2D eigenvalue weighted by atomic mass is 16.8. The first-order valence-corrected chi connectivity index (χ1v) is 6.43. The van der Waals surface area contributed by atoms with Gasteiger partial charge in [-0.2, -0.15) is 0 Å². The van der Waals surface area contributed by atoms with E-state index in [2.05, 4.69) is 0 Å². The van der Waals surface area contributed by atoms with E-state index in [-0.39, 0.29) is 11.9 Å². The first kappa shape index (κ1) is 10.3. The molecule has 0 saturated carbocycles. The fourth-order valence-electron chi connectivity index (χ4n) is 3.17. The topological polar surface area (TPSA) is 55.9 Å². The second-order valence-corrected chi connectivity index (χ2v) is 5.15. The highest BCUT2D eigenvalue weighted by Gasteiger charge is 2.53. The summed E-state index contributed by atoms with van der Waals surface area (Å²) in [5.41, 5.74) is 4.24. The van der Waals surface area contributed by atoms with Gasteiger partial charge in [0.1, 0.15) is 0 Å². The van der Waals surface area contributed by atoms with Crippen LogP contribution in [0.15, 0.2) is 36.4 Å². The van der Waals surface area contributed by atoms with Crippen LogP contribution in [0.3, 0.4) is 0 Å². The Bertz CT molecular complexity index is 821. The lowest BCUT2D eigenvalue weighted by molar-refractivity contribution is 0.0291. The zero-order valence-electron chi connectivity index (χ0n) is 10.3. The van der Waals surface area contributed by atoms with E-state index in [9.17, 15) is 9.59 Å². The van der Waals surface area contributed by atoms with Gasteiger partial charge in [-0.15, -0.1) is 0 Å². The molecule has 4 heteroatoms. The number of hydrogen-bond donors (Lipinski definition) is 0. The highest BCUT2D eigenvalue weighted by Crippen LogP contribution is 2.51. The summed E-state index contributed by atoms with van der Waals surface area (Å²) in [5.74, 6) is -0.443. The van der Waals surface area contributed by atoms with Gasteiger partial charge in [0, 0.05) is 16.7 Å². The lowest BCUT2D eigenvalue weighted by atomic mass is 9.92. The highest BCUT2D eigenvalue weighted by molar-refractivity contribution is 6.23. The average molecular weight is 264 g/mol. The monoisotopic (exact) mass is 264 g/mol. The maximum atomic E-state index is 12.6. The summed E-state index contributed by atoms with van der Waals surface area (Å²) in [4.78, 5) is 24.5. The molecular weight excluding hydrogens is 256 g/mol. The van der Waals surface area contributed by atoms with Crippen LogP contribution in [0, 0.1) is 0 Å². The van der Waals surface area contributed by atoms with E-state index in [1.54, 1.807) is 6.07 Å². The quantitative estimate of drug-likeness (QED) is 0.462. The van der Waals surface area contributed by atoms with Crippen molar-refractivity contribution >= 4 is 11.8 Å². The molecule has 1 saturated heterocycles. The molecule has 2 aromatic carbocycles. The van der Waals surface area contributed by atoms with E-state index < -0.39 is 12.3 Å². The standard InChI is InChI=1S/C16H8O4/c17-13-9-4-2-1-3-7(9)8-5-6-10-12(11(8)13)14-16(19-14)20-15(10)18/h1-6,14,16H. The molecule has 1 fully saturated rings. The van der Waals surface area contributed by atoms with Gasteiger partial charge >= 0.3 is 5.97 Å². The minimum absolute atomic E-state index is 0.0311. The molecule has 96 valence electrons. The predicted octanol–water partition coefficient (Wildman–Crippen LogP) is 2.47. The first-order chi connectivity index (χ1) is 9.75. The van der Waals surface area contributed by atoms with E-state index >= 15 is 0 Å². The maximum absolute atomic E-state index is 12.6. The third-order valence-corrected chi connectivity index (χ3v) is 4.11. The Kier molecular flexibility index (Phi) is 1.64. The van der Waals surface area contributed by atoms with E-state index in [4.69, 9.17) is 9.47 Å². The Morgan fingerprint density at radius 3 is 2.45 bits per heavy atom. The largest absolute Gasteiger partial charge is 0.429 e. The van der Waals surface area contributed by atoms with Gasteiger partial charge in [-0.1, -0.05) is 30.3 Å². The van der Waals surface area contributed by atoms with Crippen molar-refractivity contribution in [1.29, 1.82) is 0 Å². The van der Waals surface area contributed by atoms with Crippen molar-refractivity contribution in [3.63, 3.8) is 0 Å². The Hall–Kier alpha value is -2.46. The second-order valence-electron chi connectivity index (χ2n) is 5.15. The lowest BCUT2D eigenvalue weighted by Gasteiger charge is -2.14. The molecule has 0 radical (unpaired) electrons. The van der Waals surface area contributed by atoms with Gasteiger partial charge in [0.2, 0.25) is 6.29 Å². The van der Waals surface area contributed by atoms with E-state index in [1.807, 2.05) is 30.3 Å². The summed E-state index contributed by atoms with van der Waals surface area (Å²) in [6, 6.07) is 11.0. The van der Waals surface area contributed by atoms with Gasteiger partial charge in [0.05, 0.1) is 5.56 Å². The first-order valence-electron chi connectivity index (χ1n) is 6.43. The molecule has 20 heavy (non-hydrogen) atoms. The summed E-state index contributed by atoms with van der Waals surface area (Å²) in [5, 5.41) is 0. The molecule has 0 spiro atoms. The number of carbonyl (C=O) groups excluding carboxylic acids is 2. The molecule has 0 N–H and O–H groups in total. The summed E-state index contributed by atoms with van der Waals surface area (Å²) in [6.45, 7) is 0. The lowest BCUT2D eigenvalue weighted by Crippen LogP contribution is -2.18. The number of rotatable bonds is 0. The van der Waals surface area contributed by atoms with Crippen molar-refractivity contribution < 1.29 is 19.1 Å². The summed E-state index contributed by atoms with van der Waals surface area (Å²) in [7, 11) is 0. The third-order valence-electron chi connectivity index (χ3n) is 4.11. The van der Waals surface area contributed by atoms with Crippen molar-refractivity contribution in [1.82, 2.24) is 0 Å². The number of esters is 1. The zero-order valence-corrected chi connectivity index (χ0v) is 10.3. The van der Waals surface area contributed by atoms with Crippen molar-refractivity contribution in [2.45, 2.75) is 12.4 Å². The number of fused-ring (bicyclic) bond motifs is 7. The van der Waals surface area contributed by atoms with Crippen LogP contribution in [0.25, 0.3) is 11.1 Å². The van der Waals surface area contributed by atoms with Crippen LogP contribution in [0.4, 0.5) is 0 Å². The Labute approximate surface area is 113 Å². The molecule has 3 aliphatic rings. The van der Waals surface area contributed by atoms with E-state index in [1.165, 1.54) is 0 Å². The molecule has 2 aromatic rings. The SMILES string of the molecule is O=C1OC2OC2c2c1ccc1c2C(=O)c2ccccc2-1. The number of carbonyl (C=O) groups is 2. The van der Waals surface area contributed by atoms with E-state index in [0.717, 1.165) is 11.1 Å². The number of hydrogen-bond acceptors (Lipinski definition) is 4. The molecular formula is C16H8O4. The van der Waals surface area contributed by atoms with Crippen LogP contribution in [0.2, 0.25) is 0 Å². The number of benzene rings is 2. The van der Waals surface area contributed by atoms with Crippen molar-refractivity contribution in [2.24, 2.45) is 0 Å². The van der Waals surface area contributed by atoms with Crippen LogP contribution in [0.5, 0.6) is 0 Å². The van der Waals surface area contributed by atoms with Crippen LogP contribution in [-0.2, 0) is 9.47 Å².